The number of carbonyl (C=O) groups is 2. The van der Waals surface area contributed by atoms with Gasteiger partial charge in [0.05, 0.1) is 12.1 Å². The number of nitrogens with zero attached hydrogens (tertiary/aromatic N) is 3. The van der Waals surface area contributed by atoms with Crippen molar-refractivity contribution in [3.8, 4) is 11.4 Å². The summed E-state index contributed by atoms with van der Waals surface area (Å²) in [7, 11) is 0. The number of aromatic nitrogens is 2. The van der Waals surface area contributed by atoms with Crippen LogP contribution in [0.1, 0.15) is 38.6 Å². The molecule has 1 aromatic carbocycles. The van der Waals surface area contributed by atoms with E-state index in [1.165, 1.54) is 4.90 Å². The van der Waals surface area contributed by atoms with E-state index in [-0.39, 0.29) is 24.8 Å². The van der Waals surface area contributed by atoms with Gasteiger partial charge in [0.25, 0.3) is 0 Å². The van der Waals surface area contributed by atoms with Crippen LogP contribution in [0.4, 0.5) is 0 Å². The number of nitrogens with two attached hydrogens (primary N) is 1. The molecule has 2 amide bonds. The van der Waals surface area contributed by atoms with E-state index in [0.29, 0.717) is 18.3 Å². The number of amides is 2. The van der Waals surface area contributed by atoms with Crippen LogP contribution in [-0.2, 0) is 16.1 Å². The summed E-state index contributed by atoms with van der Waals surface area (Å²) in [6, 6.07) is 5.95. The Hall–Kier alpha value is -2.78. The summed E-state index contributed by atoms with van der Waals surface area (Å²) in [4.78, 5) is 31.1. The highest BCUT2D eigenvalue weighted by Crippen LogP contribution is 2.25. The van der Waals surface area contributed by atoms with Gasteiger partial charge in [0.15, 0.2) is 0 Å². The molecule has 0 spiro atoms. The summed E-state index contributed by atoms with van der Waals surface area (Å²) < 4.78 is 4.98. The summed E-state index contributed by atoms with van der Waals surface area (Å²) in [5.41, 5.74) is 7.35. The third-order valence-electron chi connectivity index (χ3n) is 5.27. The average molecular weight is 415 g/mol. The van der Waals surface area contributed by atoms with E-state index in [2.05, 4.69) is 15.5 Å². The highest BCUT2D eigenvalue weighted by Gasteiger charge is 2.42. The Morgan fingerprint density at radius 3 is 2.57 bits per heavy atom. The zero-order valence-corrected chi connectivity index (χ0v) is 17.8. The van der Waals surface area contributed by atoms with Crippen LogP contribution >= 0.6 is 0 Å². The van der Waals surface area contributed by atoms with Crippen molar-refractivity contribution >= 4 is 11.8 Å². The van der Waals surface area contributed by atoms with Gasteiger partial charge in [0.2, 0.25) is 23.5 Å². The number of likely N-dealkylation sites (tertiary alicyclic amines) is 1. The fraction of sp³-hybridized carbons (Fsp3) is 0.524. The van der Waals surface area contributed by atoms with Crippen molar-refractivity contribution in [1.82, 2.24) is 20.4 Å². The Balaban J connectivity index is 1.62. The van der Waals surface area contributed by atoms with Gasteiger partial charge >= 0.3 is 0 Å². The minimum Gasteiger partial charge on any atom is -0.391 e. The maximum absolute atomic E-state index is 12.8. The summed E-state index contributed by atoms with van der Waals surface area (Å²) >= 11 is 0. The van der Waals surface area contributed by atoms with Gasteiger partial charge in [-0.3, -0.25) is 9.59 Å². The average Bonchev–Trinajstić information content (AvgIpc) is 3.30. The van der Waals surface area contributed by atoms with Crippen LogP contribution in [0.5, 0.6) is 0 Å². The molecule has 1 fully saturated rings. The number of hydrogen-bond donors (Lipinski definition) is 3. The zero-order chi connectivity index (χ0) is 22.1. The first-order valence-corrected chi connectivity index (χ1v) is 9.97. The molecule has 0 unspecified atom stereocenters. The Labute approximate surface area is 175 Å². The van der Waals surface area contributed by atoms with Crippen molar-refractivity contribution in [2.24, 2.45) is 11.1 Å². The molecule has 0 aliphatic carbocycles. The molecule has 162 valence electrons. The molecule has 0 bridgehead atoms. The molecule has 9 nitrogen and oxygen atoms in total. The maximum Gasteiger partial charge on any atom is 0.243 e. The number of aliphatic hydroxyl groups excluding tert-OH is 1. The van der Waals surface area contributed by atoms with E-state index in [4.69, 9.17) is 10.3 Å². The smallest absolute Gasteiger partial charge is 0.243 e. The largest absolute Gasteiger partial charge is 0.391 e. The first-order chi connectivity index (χ1) is 14.1. The highest BCUT2D eigenvalue weighted by molar-refractivity contribution is 5.90. The molecule has 0 saturated carbocycles. The first kappa shape index (κ1) is 21.9. The van der Waals surface area contributed by atoms with Gasteiger partial charge < -0.3 is 25.6 Å². The lowest BCUT2D eigenvalue weighted by atomic mass is 9.86. The maximum atomic E-state index is 12.8. The number of nitrogens with one attached hydrogen (secondary N) is 1. The second-order valence-corrected chi connectivity index (χ2v) is 8.79. The third-order valence-corrected chi connectivity index (χ3v) is 5.27. The molecule has 1 aliphatic rings. The molecule has 2 aromatic rings. The SMILES string of the molecule is Cc1nc(-c2ccc(CNC(=O)[C@@H]3C[C@@H](O)CN3C(=O)[C@@H](N)C(C)(C)C)cc2)no1. The van der Waals surface area contributed by atoms with Crippen molar-refractivity contribution in [3.05, 3.63) is 35.7 Å². The zero-order valence-electron chi connectivity index (χ0n) is 17.8. The molecule has 1 aromatic heterocycles. The molecular formula is C21H29N5O4. The van der Waals surface area contributed by atoms with E-state index in [1.54, 1.807) is 6.92 Å². The van der Waals surface area contributed by atoms with E-state index >= 15 is 0 Å². The highest BCUT2D eigenvalue weighted by atomic mass is 16.5. The van der Waals surface area contributed by atoms with Gasteiger partial charge in [-0.15, -0.1) is 0 Å². The molecule has 1 aliphatic heterocycles. The van der Waals surface area contributed by atoms with E-state index in [0.717, 1.165) is 11.1 Å². The van der Waals surface area contributed by atoms with Crippen LogP contribution in [0.25, 0.3) is 11.4 Å². The summed E-state index contributed by atoms with van der Waals surface area (Å²) in [6.45, 7) is 7.75. The van der Waals surface area contributed by atoms with E-state index < -0.39 is 23.6 Å². The number of carbonyl (C=O) groups excluding carboxylic acids is 2. The molecule has 3 rings (SSSR count). The van der Waals surface area contributed by atoms with Crippen molar-refractivity contribution in [1.29, 1.82) is 0 Å². The molecule has 0 radical (unpaired) electrons. The van der Waals surface area contributed by atoms with Gasteiger partial charge in [0, 0.05) is 32.0 Å². The van der Waals surface area contributed by atoms with Crippen LogP contribution in [0.3, 0.4) is 0 Å². The summed E-state index contributed by atoms with van der Waals surface area (Å²) in [6.07, 6.45) is -0.542. The van der Waals surface area contributed by atoms with Crippen LogP contribution in [-0.4, -0.2) is 56.7 Å². The Morgan fingerprint density at radius 2 is 2.00 bits per heavy atom. The molecule has 9 heteroatoms. The lowest BCUT2D eigenvalue weighted by molar-refractivity contribution is -0.141. The van der Waals surface area contributed by atoms with Crippen LogP contribution in [0.15, 0.2) is 28.8 Å². The van der Waals surface area contributed by atoms with Gasteiger partial charge in [-0.05, 0) is 11.0 Å². The minimum atomic E-state index is -0.751. The molecule has 3 atom stereocenters. The van der Waals surface area contributed by atoms with Crippen LogP contribution in [0, 0.1) is 12.3 Å². The summed E-state index contributed by atoms with van der Waals surface area (Å²) in [5, 5.41) is 16.8. The molecule has 1 saturated heterocycles. The molecular weight excluding hydrogens is 386 g/mol. The number of hydrogen-bond acceptors (Lipinski definition) is 7. The van der Waals surface area contributed by atoms with Crippen molar-refractivity contribution in [3.63, 3.8) is 0 Å². The van der Waals surface area contributed by atoms with Gasteiger partial charge in [0.1, 0.15) is 6.04 Å². The standard InChI is InChI=1S/C21H29N5O4/c1-12-24-18(25-30-12)14-7-5-13(6-8-14)10-23-19(28)16-9-15(27)11-26(16)20(29)17(22)21(2,3)4/h5-8,15-17,27H,9-11,22H2,1-4H3,(H,23,28)/t15-,16+,17-/m1/s1. The number of β-amino-alcohol motifs (C(OH)–C–C–N with tert-alkyl or cyclic N) is 1. The Kier molecular flexibility index (Phi) is 6.23. The normalized spacial score (nSPS) is 20.3. The lowest BCUT2D eigenvalue weighted by Crippen LogP contribution is -2.54. The number of aliphatic hydroxyl groups is 1. The summed E-state index contributed by atoms with van der Waals surface area (Å²) in [5.74, 6) is 0.371. The number of aryl methyl sites for hydroxylation is 1. The van der Waals surface area contributed by atoms with Crippen molar-refractivity contribution in [2.75, 3.05) is 6.54 Å². The quantitative estimate of drug-likeness (QED) is 0.663. The second-order valence-electron chi connectivity index (χ2n) is 8.79. The molecule has 2 heterocycles. The molecule has 30 heavy (non-hydrogen) atoms. The predicted molar refractivity (Wildman–Crippen MR) is 110 cm³/mol. The topological polar surface area (TPSA) is 135 Å². The fourth-order valence-corrected chi connectivity index (χ4v) is 3.35. The predicted octanol–water partition coefficient (Wildman–Crippen LogP) is 0.996. The minimum absolute atomic E-state index is 0.111. The van der Waals surface area contributed by atoms with Gasteiger partial charge in [-0.25, -0.2) is 0 Å². The second kappa shape index (κ2) is 8.53. The number of benzene rings is 1. The first-order valence-electron chi connectivity index (χ1n) is 9.97. The monoisotopic (exact) mass is 415 g/mol. The van der Waals surface area contributed by atoms with Gasteiger partial charge in [-0.1, -0.05) is 50.2 Å². The van der Waals surface area contributed by atoms with Crippen molar-refractivity contribution < 1.29 is 19.2 Å². The lowest BCUT2D eigenvalue weighted by Gasteiger charge is -2.32. The number of rotatable bonds is 5. The van der Waals surface area contributed by atoms with E-state index in [9.17, 15) is 14.7 Å². The van der Waals surface area contributed by atoms with Crippen LogP contribution < -0.4 is 11.1 Å². The van der Waals surface area contributed by atoms with E-state index in [1.807, 2.05) is 45.0 Å². The fourth-order valence-electron chi connectivity index (χ4n) is 3.35. The Morgan fingerprint density at radius 1 is 1.33 bits per heavy atom. The van der Waals surface area contributed by atoms with Crippen LogP contribution in [0.2, 0.25) is 0 Å². The van der Waals surface area contributed by atoms with Crippen molar-refractivity contribution in [2.45, 2.75) is 58.8 Å². The third kappa shape index (κ3) is 4.85. The molecule has 4 N–H and O–H groups in total. The van der Waals surface area contributed by atoms with Gasteiger partial charge in [-0.2, -0.15) is 4.98 Å². The Bertz CT molecular complexity index is 903.